The van der Waals surface area contributed by atoms with E-state index in [0.29, 0.717) is 12.8 Å². The van der Waals surface area contributed by atoms with E-state index < -0.39 is 5.97 Å². The molecule has 1 aliphatic carbocycles. The van der Waals surface area contributed by atoms with Crippen molar-refractivity contribution in [1.82, 2.24) is 5.32 Å². The second kappa shape index (κ2) is 5.87. The maximum atomic E-state index is 12.1. The summed E-state index contributed by atoms with van der Waals surface area (Å²) in [6.07, 6.45) is 1.95. The lowest BCUT2D eigenvalue weighted by Gasteiger charge is -2.17. The standard InChI is InChI=1S/C15H19NO3/c1-10(11-5-3-2-4-6-11)14(17)16-13-8-7-12(9-13)15(18)19/h2-6,10,12-13H,7-9H2,1H3,(H,16,17)(H,18,19)/t10-,12-,13+/m1/s1. The number of benzene rings is 1. The van der Waals surface area contributed by atoms with Crippen molar-refractivity contribution in [2.75, 3.05) is 0 Å². The molecule has 4 heteroatoms. The number of hydrogen-bond acceptors (Lipinski definition) is 2. The van der Waals surface area contributed by atoms with Crippen LogP contribution in [-0.2, 0) is 9.59 Å². The lowest BCUT2D eigenvalue weighted by atomic mass is 10.00. The molecular weight excluding hydrogens is 242 g/mol. The largest absolute Gasteiger partial charge is 0.481 e. The highest BCUT2D eigenvalue weighted by atomic mass is 16.4. The summed E-state index contributed by atoms with van der Waals surface area (Å²) >= 11 is 0. The molecule has 0 bridgehead atoms. The first kappa shape index (κ1) is 13.6. The van der Waals surface area contributed by atoms with E-state index in [1.807, 2.05) is 37.3 Å². The van der Waals surface area contributed by atoms with Gasteiger partial charge in [0.15, 0.2) is 0 Å². The first-order valence-corrected chi connectivity index (χ1v) is 6.66. The van der Waals surface area contributed by atoms with Crippen molar-refractivity contribution in [3.8, 4) is 0 Å². The molecule has 0 saturated heterocycles. The van der Waals surface area contributed by atoms with Crippen LogP contribution in [0.2, 0.25) is 0 Å². The molecule has 2 rings (SSSR count). The van der Waals surface area contributed by atoms with Gasteiger partial charge in [-0.25, -0.2) is 0 Å². The van der Waals surface area contributed by atoms with E-state index in [4.69, 9.17) is 5.11 Å². The molecule has 3 atom stereocenters. The molecule has 1 aromatic carbocycles. The second-order valence-electron chi connectivity index (χ2n) is 5.19. The van der Waals surface area contributed by atoms with Crippen LogP contribution in [0.25, 0.3) is 0 Å². The fourth-order valence-electron chi connectivity index (χ4n) is 2.56. The average molecular weight is 261 g/mol. The smallest absolute Gasteiger partial charge is 0.306 e. The van der Waals surface area contributed by atoms with E-state index in [0.717, 1.165) is 12.0 Å². The van der Waals surface area contributed by atoms with Gasteiger partial charge in [0.25, 0.3) is 0 Å². The van der Waals surface area contributed by atoms with Gasteiger partial charge >= 0.3 is 5.97 Å². The van der Waals surface area contributed by atoms with Gasteiger partial charge in [0.1, 0.15) is 0 Å². The molecular formula is C15H19NO3. The summed E-state index contributed by atoms with van der Waals surface area (Å²) in [6, 6.07) is 9.60. The number of amides is 1. The Morgan fingerprint density at radius 1 is 1.26 bits per heavy atom. The lowest BCUT2D eigenvalue weighted by Crippen LogP contribution is -2.36. The number of carboxylic acids is 1. The number of carboxylic acid groups (broad SMARTS) is 1. The molecule has 2 N–H and O–H groups in total. The van der Waals surface area contributed by atoms with Crippen LogP contribution in [0, 0.1) is 5.92 Å². The van der Waals surface area contributed by atoms with Crippen molar-refractivity contribution in [2.24, 2.45) is 5.92 Å². The average Bonchev–Trinajstić information content (AvgIpc) is 2.87. The molecule has 1 fully saturated rings. The summed E-state index contributed by atoms with van der Waals surface area (Å²) in [5.41, 5.74) is 0.979. The lowest BCUT2D eigenvalue weighted by molar-refractivity contribution is -0.141. The zero-order valence-corrected chi connectivity index (χ0v) is 11.0. The Labute approximate surface area is 112 Å². The Morgan fingerprint density at radius 2 is 1.95 bits per heavy atom. The summed E-state index contributed by atoms with van der Waals surface area (Å²) in [7, 11) is 0. The van der Waals surface area contributed by atoms with Gasteiger partial charge in [0.05, 0.1) is 11.8 Å². The highest BCUT2D eigenvalue weighted by molar-refractivity contribution is 5.83. The minimum absolute atomic E-state index is 0.000220. The SMILES string of the molecule is C[C@@H](C(=O)N[C@H]1CC[C@@H](C(=O)O)C1)c1ccccc1. The van der Waals surface area contributed by atoms with Gasteiger partial charge in [0.2, 0.25) is 5.91 Å². The van der Waals surface area contributed by atoms with Crippen molar-refractivity contribution in [3.63, 3.8) is 0 Å². The third-order valence-corrected chi connectivity index (χ3v) is 3.82. The van der Waals surface area contributed by atoms with Crippen LogP contribution in [0.1, 0.15) is 37.7 Å². The molecule has 1 amide bonds. The van der Waals surface area contributed by atoms with E-state index in [1.54, 1.807) is 0 Å². The first-order chi connectivity index (χ1) is 9.08. The minimum Gasteiger partial charge on any atom is -0.481 e. The summed E-state index contributed by atoms with van der Waals surface area (Å²) in [6.45, 7) is 1.87. The Bertz CT molecular complexity index is 458. The number of nitrogens with one attached hydrogen (secondary N) is 1. The summed E-state index contributed by atoms with van der Waals surface area (Å²) in [5, 5.41) is 11.9. The highest BCUT2D eigenvalue weighted by Gasteiger charge is 2.31. The number of aliphatic carboxylic acids is 1. The highest BCUT2D eigenvalue weighted by Crippen LogP contribution is 2.26. The summed E-state index contributed by atoms with van der Waals surface area (Å²) < 4.78 is 0. The van der Waals surface area contributed by atoms with Crippen molar-refractivity contribution >= 4 is 11.9 Å². The monoisotopic (exact) mass is 261 g/mol. The third kappa shape index (κ3) is 3.34. The molecule has 0 radical (unpaired) electrons. The van der Waals surface area contributed by atoms with Gasteiger partial charge in [-0.2, -0.15) is 0 Å². The first-order valence-electron chi connectivity index (χ1n) is 6.66. The molecule has 0 aromatic heterocycles. The Kier molecular flexibility index (Phi) is 4.20. The van der Waals surface area contributed by atoms with Gasteiger partial charge in [-0.05, 0) is 31.7 Å². The molecule has 1 aromatic rings. The van der Waals surface area contributed by atoms with E-state index in [2.05, 4.69) is 5.32 Å². The minimum atomic E-state index is -0.757. The van der Waals surface area contributed by atoms with E-state index >= 15 is 0 Å². The third-order valence-electron chi connectivity index (χ3n) is 3.82. The van der Waals surface area contributed by atoms with Crippen molar-refractivity contribution < 1.29 is 14.7 Å². The fourth-order valence-corrected chi connectivity index (χ4v) is 2.56. The van der Waals surface area contributed by atoms with Crippen LogP contribution in [-0.4, -0.2) is 23.0 Å². The van der Waals surface area contributed by atoms with Gasteiger partial charge in [-0.3, -0.25) is 9.59 Å². The normalized spacial score (nSPS) is 23.8. The van der Waals surface area contributed by atoms with Crippen LogP contribution in [0.5, 0.6) is 0 Å². The summed E-state index contributed by atoms with van der Waals surface area (Å²) in [5.74, 6) is -1.29. The van der Waals surface area contributed by atoms with Gasteiger partial charge in [-0.1, -0.05) is 30.3 Å². The zero-order chi connectivity index (χ0) is 13.8. The molecule has 19 heavy (non-hydrogen) atoms. The number of rotatable bonds is 4. The summed E-state index contributed by atoms with van der Waals surface area (Å²) in [4.78, 5) is 23.0. The maximum Gasteiger partial charge on any atom is 0.306 e. The number of carbonyl (C=O) groups excluding carboxylic acids is 1. The zero-order valence-electron chi connectivity index (χ0n) is 11.0. The van der Waals surface area contributed by atoms with Gasteiger partial charge in [0, 0.05) is 6.04 Å². The molecule has 0 unspecified atom stereocenters. The molecule has 1 aliphatic rings. The van der Waals surface area contributed by atoms with Crippen LogP contribution >= 0.6 is 0 Å². The number of carbonyl (C=O) groups is 2. The van der Waals surface area contributed by atoms with Gasteiger partial charge < -0.3 is 10.4 Å². The van der Waals surface area contributed by atoms with Crippen LogP contribution < -0.4 is 5.32 Å². The van der Waals surface area contributed by atoms with Crippen LogP contribution in [0.4, 0.5) is 0 Å². The van der Waals surface area contributed by atoms with Gasteiger partial charge in [-0.15, -0.1) is 0 Å². The van der Waals surface area contributed by atoms with E-state index in [1.165, 1.54) is 0 Å². The van der Waals surface area contributed by atoms with Crippen LogP contribution in [0.15, 0.2) is 30.3 Å². The maximum absolute atomic E-state index is 12.1. The number of hydrogen-bond donors (Lipinski definition) is 2. The molecule has 0 spiro atoms. The van der Waals surface area contributed by atoms with Crippen molar-refractivity contribution in [2.45, 2.75) is 38.1 Å². The Balaban J connectivity index is 1.90. The molecule has 4 nitrogen and oxygen atoms in total. The molecule has 1 saturated carbocycles. The fraction of sp³-hybridized carbons (Fsp3) is 0.467. The molecule has 102 valence electrons. The van der Waals surface area contributed by atoms with E-state index in [9.17, 15) is 9.59 Å². The predicted octanol–water partition coefficient (Wildman–Crippen LogP) is 2.16. The Morgan fingerprint density at radius 3 is 2.53 bits per heavy atom. The topological polar surface area (TPSA) is 66.4 Å². The Hall–Kier alpha value is -1.84. The van der Waals surface area contributed by atoms with E-state index in [-0.39, 0.29) is 23.8 Å². The predicted molar refractivity (Wildman–Crippen MR) is 71.8 cm³/mol. The van der Waals surface area contributed by atoms with Crippen molar-refractivity contribution in [1.29, 1.82) is 0 Å². The second-order valence-corrected chi connectivity index (χ2v) is 5.19. The molecule has 0 heterocycles. The van der Waals surface area contributed by atoms with Crippen LogP contribution in [0.3, 0.4) is 0 Å². The molecule has 0 aliphatic heterocycles. The quantitative estimate of drug-likeness (QED) is 0.872. The van der Waals surface area contributed by atoms with Crippen molar-refractivity contribution in [3.05, 3.63) is 35.9 Å².